The van der Waals surface area contributed by atoms with E-state index in [2.05, 4.69) is 10.1 Å². The van der Waals surface area contributed by atoms with Gasteiger partial charge in [-0.15, -0.1) is 0 Å². The van der Waals surface area contributed by atoms with Crippen LogP contribution >= 0.6 is 0 Å². The standard InChI is InChI=1S/C11H15F3N2O2/c1-2-6(5-17)16-9-4-10(18-11(13)14)7(12)3-8(9)15/h3-4,6,11,16-17H,2,5,15H2,1H3. The van der Waals surface area contributed by atoms with E-state index in [4.69, 9.17) is 10.8 Å². The molecule has 4 N–H and O–H groups in total. The molecule has 0 heterocycles. The molecule has 0 saturated carbocycles. The van der Waals surface area contributed by atoms with Crippen molar-refractivity contribution in [2.75, 3.05) is 17.7 Å². The third-order valence-corrected chi connectivity index (χ3v) is 2.39. The van der Waals surface area contributed by atoms with Crippen LogP contribution in [0.4, 0.5) is 24.5 Å². The maximum Gasteiger partial charge on any atom is 0.387 e. The summed E-state index contributed by atoms with van der Waals surface area (Å²) in [4.78, 5) is 0. The zero-order valence-corrected chi connectivity index (χ0v) is 9.79. The van der Waals surface area contributed by atoms with E-state index in [1.807, 2.05) is 6.92 Å². The summed E-state index contributed by atoms with van der Waals surface area (Å²) in [6.45, 7) is -1.45. The van der Waals surface area contributed by atoms with Gasteiger partial charge in [0.1, 0.15) is 0 Å². The molecule has 1 aromatic rings. The lowest BCUT2D eigenvalue weighted by Gasteiger charge is -2.18. The van der Waals surface area contributed by atoms with Crippen molar-refractivity contribution in [3.05, 3.63) is 17.9 Å². The number of aliphatic hydroxyl groups is 1. The summed E-state index contributed by atoms with van der Waals surface area (Å²) < 4.78 is 41.4. The molecule has 1 aromatic carbocycles. The maximum absolute atomic E-state index is 13.3. The second-order valence-corrected chi connectivity index (χ2v) is 3.68. The van der Waals surface area contributed by atoms with Gasteiger partial charge in [0, 0.05) is 18.2 Å². The van der Waals surface area contributed by atoms with Crippen molar-refractivity contribution in [2.24, 2.45) is 0 Å². The van der Waals surface area contributed by atoms with E-state index in [9.17, 15) is 13.2 Å². The molecule has 0 aliphatic rings. The van der Waals surface area contributed by atoms with Crippen LogP contribution in [0.3, 0.4) is 0 Å². The van der Waals surface area contributed by atoms with E-state index in [0.717, 1.165) is 12.1 Å². The number of halogens is 3. The van der Waals surface area contributed by atoms with Crippen molar-refractivity contribution >= 4 is 11.4 Å². The van der Waals surface area contributed by atoms with Gasteiger partial charge in [0.25, 0.3) is 0 Å². The van der Waals surface area contributed by atoms with Crippen LogP contribution in [0.5, 0.6) is 5.75 Å². The Morgan fingerprint density at radius 2 is 2.11 bits per heavy atom. The first-order chi connectivity index (χ1) is 8.47. The summed E-state index contributed by atoms with van der Waals surface area (Å²) in [6.07, 6.45) is 0.596. The number of hydrogen-bond acceptors (Lipinski definition) is 4. The minimum Gasteiger partial charge on any atom is -0.432 e. The number of rotatable bonds is 6. The van der Waals surface area contributed by atoms with E-state index >= 15 is 0 Å². The van der Waals surface area contributed by atoms with Crippen LogP contribution in [0.2, 0.25) is 0 Å². The van der Waals surface area contributed by atoms with Crippen molar-refractivity contribution in [3.63, 3.8) is 0 Å². The predicted molar refractivity (Wildman–Crippen MR) is 62.2 cm³/mol. The number of hydrogen-bond donors (Lipinski definition) is 3. The SMILES string of the molecule is CCC(CO)Nc1cc(OC(F)F)c(F)cc1N. The van der Waals surface area contributed by atoms with Gasteiger partial charge in [-0.1, -0.05) is 6.92 Å². The lowest BCUT2D eigenvalue weighted by atomic mass is 10.2. The first-order valence-corrected chi connectivity index (χ1v) is 5.39. The van der Waals surface area contributed by atoms with E-state index in [1.165, 1.54) is 0 Å². The Labute approximate surface area is 103 Å². The summed E-state index contributed by atoms with van der Waals surface area (Å²) in [6, 6.07) is 1.65. The monoisotopic (exact) mass is 264 g/mol. The first-order valence-electron chi connectivity index (χ1n) is 5.39. The van der Waals surface area contributed by atoms with Crippen LogP contribution < -0.4 is 15.8 Å². The van der Waals surface area contributed by atoms with Crippen molar-refractivity contribution in [3.8, 4) is 5.75 Å². The van der Waals surface area contributed by atoms with E-state index in [-0.39, 0.29) is 24.0 Å². The molecule has 0 aromatic heterocycles. The van der Waals surface area contributed by atoms with Gasteiger partial charge < -0.3 is 20.9 Å². The molecule has 102 valence electrons. The second-order valence-electron chi connectivity index (χ2n) is 3.68. The highest BCUT2D eigenvalue weighted by Gasteiger charge is 2.15. The number of benzene rings is 1. The molecule has 4 nitrogen and oxygen atoms in total. The fourth-order valence-electron chi connectivity index (χ4n) is 1.38. The molecule has 1 atom stereocenters. The summed E-state index contributed by atoms with van der Waals surface area (Å²) in [5.74, 6) is -1.55. The van der Waals surface area contributed by atoms with Gasteiger partial charge in [-0.2, -0.15) is 8.78 Å². The zero-order valence-electron chi connectivity index (χ0n) is 9.79. The third-order valence-electron chi connectivity index (χ3n) is 2.39. The Morgan fingerprint density at radius 3 is 2.61 bits per heavy atom. The zero-order chi connectivity index (χ0) is 13.7. The molecule has 0 aliphatic carbocycles. The second kappa shape index (κ2) is 6.34. The fourth-order valence-corrected chi connectivity index (χ4v) is 1.38. The normalized spacial score (nSPS) is 12.6. The highest BCUT2D eigenvalue weighted by molar-refractivity contribution is 5.69. The molecule has 1 rings (SSSR count). The lowest BCUT2D eigenvalue weighted by molar-refractivity contribution is -0.0521. The minimum absolute atomic E-state index is 0.0565. The average molecular weight is 264 g/mol. The topological polar surface area (TPSA) is 67.5 Å². The number of ether oxygens (including phenoxy) is 1. The van der Waals surface area contributed by atoms with Crippen LogP contribution in [0.1, 0.15) is 13.3 Å². The summed E-state index contributed by atoms with van der Waals surface area (Å²) in [7, 11) is 0. The predicted octanol–water partition coefficient (Wildman–Crippen LogP) is 2.19. The molecule has 0 radical (unpaired) electrons. The first kappa shape index (κ1) is 14.4. The summed E-state index contributed by atoms with van der Waals surface area (Å²) in [5.41, 5.74) is 5.85. The van der Waals surface area contributed by atoms with Gasteiger partial charge in [0.15, 0.2) is 11.6 Å². The number of aliphatic hydroxyl groups excluding tert-OH is 1. The Hall–Kier alpha value is -1.63. The van der Waals surface area contributed by atoms with Gasteiger partial charge in [-0.3, -0.25) is 0 Å². The van der Waals surface area contributed by atoms with Crippen LogP contribution in [-0.4, -0.2) is 24.4 Å². The molecule has 1 unspecified atom stereocenters. The Morgan fingerprint density at radius 1 is 1.44 bits per heavy atom. The maximum atomic E-state index is 13.3. The van der Waals surface area contributed by atoms with E-state index < -0.39 is 18.2 Å². The van der Waals surface area contributed by atoms with Crippen LogP contribution in [0.25, 0.3) is 0 Å². The molecule has 0 amide bonds. The number of alkyl halides is 2. The van der Waals surface area contributed by atoms with Gasteiger partial charge >= 0.3 is 6.61 Å². The van der Waals surface area contributed by atoms with Crippen molar-refractivity contribution < 1.29 is 23.0 Å². The van der Waals surface area contributed by atoms with Gasteiger partial charge in [-0.25, -0.2) is 4.39 Å². The van der Waals surface area contributed by atoms with E-state index in [0.29, 0.717) is 6.42 Å². The largest absolute Gasteiger partial charge is 0.432 e. The van der Waals surface area contributed by atoms with Gasteiger partial charge in [0.05, 0.1) is 18.0 Å². The molecule has 0 fully saturated rings. The van der Waals surface area contributed by atoms with Crippen molar-refractivity contribution in [2.45, 2.75) is 26.0 Å². The average Bonchev–Trinajstić information content (AvgIpc) is 2.30. The molecule has 0 aliphatic heterocycles. The van der Waals surface area contributed by atoms with Crippen LogP contribution in [0, 0.1) is 5.82 Å². The molecule has 0 spiro atoms. The molecular formula is C11H15F3N2O2. The number of nitrogens with one attached hydrogen (secondary N) is 1. The van der Waals surface area contributed by atoms with Gasteiger partial charge in [0.2, 0.25) is 0 Å². The lowest BCUT2D eigenvalue weighted by Crippen LogP contribution is -2.23. The highest BCUT2D eigenvalue weighted by atomic mass is 19.3. The minimum atomic E-state index is -3.12. The summed E-state index contributed by atoms with van der Waals surface area (Å²) >= 11 is 0. The van der Waals surface area contributed by atoms with Crippen molar-refractivity contribution in [1.82, 2.24) is 0 Å². The molecule has 0 bridgehead atoms. The number of nitrogen functional groups attached to an aromatic ring is 1. The van der Waals surface area contributed by atoms with E-state index in [1.54, 1.807) is 0 Å². The Balaban J connectivity index is 2.97. The van der Waals surface area contributed by atoms with Crippen LogP contribution in [-0.2, 0) is 0 Å². The number of anilines is 2. The molecular weight excluding hydrogens is 249 g/mol. The Kier molecular flexibility index (Phi) is 5.08. The third kappa shape index (κ3) is 3.69. The highest BCUT2D eigenvalue weighted by Crippen LogP contribution is 2.29. The smallest absolute Gasteiger partial charge is 0.387 e. The van der Waals surface area contributed by atoms with Crippen LogP contribution in [0.15, 0.2) is 12.1 Å². The van der Waals surface area contributed by atoms with Crippen molar-refractivity contribution in [1.29, 1.82) is 0 Å². The Bertz CT molecular complexity index is 398. The quantitative estimate of drug-likeness (QED) is 0.689. The molecule has 7 heteroatoms. The molecule has 0 saturated heterocycles. The summed E-state index contributed by atoms with van der Waals surface area (Å²) in [5, 5.41) is 11.8. The fraction of sp³-hybridized carbons (Fsp3) is 0.455. The molecule has 18 heavy (non-hydrogen) atoms. The van der Waals surface area contributed by atoms with Gasteiger partial charge in [-0.05, 0) is 6.42 Å². The number of nitrogens with two attached hydrogens (primary N) is 1.